The second-order valence-corrected chi connectivity index (χ2v) is 2.33. The van der Waals surface area contributed by atoms with Gasteiger partial charge >= 0.3 is 0 Å². The Morgan fingerprint density at radius 1 is 1.33 bits per heavy atom. The monoisotopic (exact) mass is 164 g/mol. The molecule has 0 saturated heterocycles. The van der Waals surface area contributed by atoms with Crippen molar-refractivity contribution >= 4 is 0 Å². The summed E-state index contributed by atoms with van der Waals surface area (Å²) in [7, 11) is 0. The highest BCUT2D eigenvalue weighted by molar-refractivity contribution is 5.26. The number of rotatable bonds is 2. The van der Waals surface area contributed by atoms with Crippen LogP contribution in [0.5, 0.6) is 0 Å². The zero-order valence-corrected chi connectivity index (χ0v) is 6.34. The third kappa shape index (κ3) is 0.998. The molecule has 0 radical (unpaired) electrons. The van der Waals surface area contributed by atoms with Crippen LogP contribution in [0.2, 0.25) is 0 Å². The molecule has 0 spiro atoms. The number of hydrogen-bond donors (Lipinski definition) is 1. The summed E-state index contributed by atoms with van der Waals surface area (Å²) in [5.41, 5.74) is 6.08. The standard InChI is InChI=1S/C7H8N4O/c8-5-6-7(10-12-9-6)11-3-1-2-4-11/h1-4H,5,8H2. The third-order valence-corrected chi connectivity index (χ3v) is 1.58. The predicted molar refractivity (Wildman–Crippen MR) is 41.5 cm³/mol. The topological polar surface area (TPSA) is 69.9 Å². The smallest absolute Gasteiger partial charge is 0.206 e. The lowest BCUT2D eigenvalue weighted by atomic mass is 10.4. The van der Waals surface area contributed by atoms with Crippen molar-refractivity contribution in [1.82, 2.24) is 14.9 Å². The maximum Gasteiger partial charge on any atom is 0.206 e. The van der Waals surface area contributed by atoms with Gasteiger partial charge in [0.25, 0.3) is 0 Å². The molecular weight excluding hydrogens is 156 g/mol. The van der Waals surface area contributed by atoms with Crippen molar-refractivity contribution < 1.29 is 4.63 Å². The van der Waals surface area contributed by atoms with E-state index in [2.05, 4.69) is 14.9 Å². The van der Waals surface area contributed by atoms with Gasteiger partial charge in [0.15, 0.2) is 0 Å². The fourth-order valence-electron chi connectivity index (χ4n) is 1.00. The Hall–Kier alpha value is -1.62. The zero-order valence-electron chi connectivity index (χ0n) is 6.34. The fraction of sp³-hybridized carbons (Fsp3) is 0.143. The minimum Gasteiger partial charge on any atom is -0.325 e. The molecular formula is C7H8N4O. The van der Waals surface area contributed by atoms with Gasteiger partial charge < -0.3 is 10.3 Å². The first-order valence-electron chi connectivity index (χ1n) is 3.56. The second kappa shape index (κ2) is 2.78. The van der Waals surface area contributed by atoms with Crippen molar-refractivity contribution in [2.75, 3.05) is 0 Å². The molecule has 0 atom stereocenters. The largest absolute Gasteiger partial charge is 0.325 e. The molecule has 0 bridgehead atoms. The predicted octanol–water partition coefficient (Wildman–Crippen LogP) is 0.319. The van der Waals surface area contributed by atoms with E-state index in [1.165, 1.54) is 0 Å². The van der Waals surface area contributed by atoms with Gasteiger partial charge in [-0.1, -0.05) is 5.16 Å². The SMILES string of the molecule is NCc1nonc1-n1cccc1. The highest BCUT2D eigenvalue weighted by atomic mass is 16.6. The third-order valence-electron chi connectivity index (χ3n) is 1.58. The van der Waals surface area contributed by atoms with Crippen LogP contribution >= 0.6 is 0 Å². The van der Waals surface area contributed by atoms with Gasteiger partial charge in [0.2, 0.25) is 5.82 Å². The van der Waals surface area contributed by atoms with Crippen LogP contribution in [0.15, 0.2) is 29.2 Å². The van der Waals surface area contributed by atoms with E-state index in [9.17, 15) is 0 Å². The van der Waals surface area contributed by atoms with Crippen molar-refractivity contribution in [1.29, 1.82) is 0 Å². The van der Waals surface area contributed by atoms with Crippen LogP contribution in [0.3, 0.4) is 0 Å². The minimum absolute atomic E-state index is 0.330. The summed E-state index contributed by atoms with van der Waals surface area (Å²) in [5, 5.41) is 7.39. The van der Waals surface area contributed by atoms with E-state index in [0.717, 1.165) is 0 Å². The average Bonchev–Trinajstić information content (AvgIpc) is 2.74. The van der Waals surface area contributed by atoms with Crippen LogP contribution in [0.25, 0.3) is 5.82 Å². The van der Waals surface area contributed by atoms with Crippen molar-refractivity contribution in [3.05, 3.63) is 30.2 Å². The summed E-state index contributed by atoms with van der Waals surface area (Å²) < 4.78 is 6.36. The van der Waals surface area contributed by atoms with E-state index in [-0.39, 0.29) is 0 Å². The van der Waals surface area contributed by atoms with Crippen molar-refractivity contribution in [3.8, 4) is 5.82 Å². The van der Waals surface area contributed by atoms with E-state index in [4.69, 9.17) is 5.73 Å². The molecule has 5 nitrogen and oxygen atoms in total. The number of nitrogens with two attached hydrogens (primary N) is 1. The summed E-state index contributed by atoms with van der Waals surface area (Å²) in [5.74, 6) is 0.655. The Kier molecular flexibility index (Phi) is 1.64. The van der Waals surface area contributed by atoms with Gasteiger partial charge in [-0.05, 0) is 17.3 Å². The van der Waals surface area contributed by atoms with Crippen LogP contribution < -0.4 is 5.73 Å². The van der Waals surface area contributed by atoms with Gasteiger partial charge in [-0.15, -0.1) is 0 Å². The second-order valence-electron chi connectivity index (χ2n) is 2.33. The molecule has 0 aliphatic carbocycles. The summed E-state index contributed by atoms with van der Waals surface area (Å²) >= 11 is 0. The number of aromatic nitrogens is 3. The Bertz CT molecular complexity index is 351. The van der Waals surface area contributed by atoms with Gasteiger partial charge in [-0.2, -0.15) is 0 Å². The molecule has 2 N–H and O–H groups in total. The van der Waals surface area contributed by atoms with Crippen LogP contribution in [0, 0.1) is 0 Å². The summed E-state index contributed by atoms with van der Waals surface area (Å²) in [6.45, 7) is 0.330. The van der Waals surface area contributed by atoms with Crippen molar-refractivity contribution in [2.45, 2.75) is 6.54 Å². The highest BCUT2D eigenvalue weighted by Crippen LogP contribution is 2.08. The molecule has 2 rings (SSSR count). The normalized spacial score (nSPS) is 10.4. The minimum atomic E-state index is 0.330. The lowest BCUT2D eigenvalue weighted by Crippen LogP contribution is -2.02. The van der Waals surface area contributed by atoms with E-state index in [1.54, 1.807) is 4.57 Å². The molecule has 0 aromatic carbocycles. The number of nitrogens with zero attached hydrogens (tertiary/aromatic N) is 3. The average molecular weight is 164 g/mol. The molecule has 2 aromatic heterocycles. The van der Waals surface area contributed by atoms with Crippen LogP contribution in [-0.4, -0.2) is 14.9 Å². The first-order valence-corrected chi connectivity index (χ1v) is 3.56. The quantitative estimate of drug-likeness (QED) is 0.693. The molecule has 0 saturated carbocycles. The lowest BCUT2D eigenvalue weighted by molar-refractivity contribution is 0.302. The van der Waals surface area contributed by atoms with E-state index < -0.39 is 0 Å². The van der Waals surface area contributed by atoms with Crippen molar-refractivity contribution in [3.63, 3.8) is 0 Å². The summed E-state index contributed by atoms with van der Waals surface area (Å²) in [6, 6.07) is 3.80. The lowest BCUT2D eigenvalue weighted by Gasteiger charge is -1.95. The van der Waals surface area contributed by atoms with Gasteiger partial charge in [-0.25, -0.2) is 4.63 Å². The molecule has 0 amide bonds. The van der Waals surface area contributed by atoms with Crippen LogP contribution in [0.1, 0.15) is 5.69 Å². The van der Waals surface area contributed by atoms with E-state index in [0.29, 0.717) is 18.1 Å². The van der Waals surface area contributed by atoms with E-state index in [1.807, 2.05) is 24.5 Å². The fourth-order valence-corrected chi connectivity index (χ4v) is 1.00. The first-order chi connectivity index (χ1) is 5.92. The number of hydrogen-bond acceptors (Lipinski definition) is 4. The van der Waals surface area contributed by atoms with Gasteiger partial charge in [0.05, 0.1) is 0 Å². The van der Waals surface area contributed by atoms with E-state index >= 15 is 0 Å². The molecule has 0 aliphatic heterocycles. The molecule has 62 valence electrons. The summed E-state index contributed by atoms with van der Waals surface area (Å²) in [4.78, 5) is 0. The van der Waals surface area contributed by atoms with Gasteiger partial charge in [-0.3, -0.25) is 0 Å². The molecule has 2 heterocycles. The van der Waals surface area contributed by atoms with Gasteiger partial charge in [0.1, 0.15) is 5.69 Å². The molecule has 5 heteroatoms. The molecule has 0 fully saturated rings. The first kappa shape index (κ1) is 7.05. The Labute approximate surface area is 68.7 Å². The molecule has 2 aromatic rings. The van der Waals surface area contributed by atoms with Crippen LogP contribution in [-0.2, 0) is 6.54 Å². The Morgan fingerprint density at radius 3 is 2.75 bits per heavy atom. The Morgan fingerprint density at radius 2 is 2.08 bits per heavy atom. The molecule has 0 unspecified atom stereocenters. The molecule has 12 heavy (non-hydrogen) atoms. The maximum absolute atomic E-state index is 5.43. The summed E-state index contributed by atoms with van der Waals surface area (Å²) in [6.07, 6.45) is 3.72. The zero-order chi connectivity index (χ0) is 8.39. The molecule has 0 aliphatic rings. The Balaban J connectivity index is 2.46. The highest BCUT2D eigenvalue weighted by Gasteiger charge is 2.08. The van der Waals surface area contributed by atoms with Crippen LogP contribution in [0.4, 0.5) is 0 Å². The van der Waals surface area contributed by atoms with Gasteiger partial charge in [0, 0.05) is 18.9 Å². The maximum atomic E-state index is 5.43. The van der Waals surface area contributed by atoms with Crippen molar-refractivity contribution in [2.24, 2.45) is 5.73 Å².